The molecule has 184 valence electrons. The zero-order valence-corrected chi connectivity index (χ0v) is 20.8. The molecule has 0 aliphatic heterocycles. The molecule has 1 fully saturated rings. The molecule has 1 amide bonds. The molecule has 0 radical (unpaired) electrons. The zero-order valence-electron chi connectivity index (χ0n) is 19.9. The van der Waals surface area contributed by atoms with E-state index < -0.39 is 22.5 Å². The second-order valence-electron chi connectivity index (χ2n) is 8.62. The molecule has 3 aromatic carbocycles. The molecule has 0 unspecified atom stereocenters. The second-order valence-corrected chi connectivity index (χ2v) is 10.5. The van der Waals surface area contributed by atoms with Crippen molar-refractivity contribution >= 4 is 27.3 Å². The predicted molar refractivity (Wildman–Crippen MR) is 137 cm³/mol. The fraction of sp³-hybridized carbons (Fsp3) is 0.296. The number of hydrogen-bond donors (Lipinski definition) is 1. The summed E-state index contributed by atoms with van der Waals surface area (Å²) in [4.78, 5) is 13.1. The first-order valence-corrected chi connectivity index (χ1v) is 13.1. The van der Waals surface area contributed by atoms with Gasteiger partial charge < -0.3 is 14.8 Å². The highest BCUT2D eigenvalue weighted by molar-refractivity contribution is 7.92. The summed E-state index contributed by atoms with van der Waals surface area (Å²) >= 11 is 0. The Balaban J connectivity index is 1.53. The van der Waals surface area contributed by atoms with Crippen LogP contribution < -0.4 is 19.1 Å². The lowest BCUT2D eigenvalue weighted by Crippen LogP contribution is -2.38. The number of anilines is 2. The van der Waals surface area contributed by atoms with Crippen LogP contribution in [0.25, 0.3) is 0 Å². The number of ether oxygens (including phenoxy) is 2. The molecule has 7 nitrogen and oxygen atoms in total. The number of nitrogens with one attached hydrogen (secondary N) is 1. The lowest BCUT2D eigenvalue weighted by Gasteiger charge is -2.24. The summed E-state index contributed by atoms with van der Waals surface area (Å²) in [6.45, 7) is 1.48. The van der Waals surface area contributed by atoms with Gasteiger partial charge >= 0.3 is 0 Å². The summed E-state index contributed by atoms with van der Waals surface area (Å²) in [5, 5.41) is 2.79. The summed E-state index contributed by atoms with van der Waals surface area (Å²) in [5.74, 6) is 0.785. The van der Waals surface area contributed by atoms with Crippen molar-refractivity contribution in [1.82, 2.24) is 0 Å². The molecule has 4 rings (SSSR count). The molecule has 1 N–H and O–H groups in total. The van der Waals surface area contributed by atoms with Crippen LogP contribution in [-0.4, -0.2) is 34.1 Å². The van der Waals surface area contributed by atoms with Gasteiger partial charge in [0.25, 0.3) is 10.0 Å². The molecule has 1 aliphatic rings. The predicted octanol–water partition coefficient (Wildman–Crippen LogP) is 5.16. The Bertz CT molecular complexity index is 1250. The number of amides is 1. The lowest BCUT2D eigenvalue weighted by molar-refractivity contribution is -0.114. The highest BCUT2D eigenvalue weighted by Gasteiger charge is 2.27. The van der Waals surface area contributed by atoms with Gasteiger partial charge in [-0.05, 0) is 81.1 Å². The van der Waals surface area contributed by atoms with Crippen molar-refractivity contribution in [2.24, 2.45) is 0 Å². The largest absolute Gasteiger partial charge is 0.497 e. The first kappa shape index (κ1) is 24.6. The standard InChI is InChI=1S/C27H30N2O5S/c1-20-10-16-26(17-11-20)35(31,32)29(22-6-5-9-25(18-22)33-2)19-27(30)28-21-12-14-24(15-13-21)34-23-7-3-4-8-23/h5-6,9-18,23H,3-4,7-8,19H2,1-2H3,(H,28,30). The molecule has 35 heavy (non-hydrogen) atoms. The summed E-state index contributed by atoms with van der Waals surface area (Å²) in [6.07, 6.45) is 4.75. The molecule has 1 saturated carbocycles. The maximum atomic E-state index is 13.5. The smallest absolute Gasteiger partial charge is 0.264 e. The van der Waals surface area contributed by atoms with Crippen molar-refractivity contribution in [2.75, 3.05) is 23.3 Å². The average Bonchev–Trinajstić information content (AvgIpc) is 3.37. The highest BCUT2D eigenvalue weighted by Crippen LogP contribution is 2.28. The molecule has 3 aromatic rings. The fourth-order valence-corrected chi connectivity index (χ4v) is 5.48. The molecule has 0 bridgehead atoms. The van der Waals surface area contributed by atoms with E-state index in [9.17, 15) is 13.2 Å². The topological polar surface area (TPSA) is 84.9 Å². The third-order valence-corrected chi connectivity index (χ3v) is 7.77. The van der Waals surface area contributed by atoms with Crippen molar-refractivity contribution in [3.63, 3.8) is 0 Å². The normalized spacial score (nSPS) is 13.9. The summed E-state index contributed by atoms with van der Waals surface area (Å²) in [6, 6.07) is 20.3. The number of hydrogen-bond acceptors (Lipinski definition) is 5. The number of methoxy groups -OCH3 is 1. The Morgan fingerprint density at radius 1 is 0.971 bits per heavy atom. The Hall–Kier alpha value is -3.52. The van der Waals surface area contributed by atoms with Gasteiger partial charge in [-0.15, -0.1) is 0 Å². The van der Waals surface area contributed by atoms with Crippen molar-refractivity contribution in [2.45, 2.75) is 43.6 Å². The Morgan fingerprint density at radius 2 is 1.66 bits per heavy atom. The minimum Gasteiger partial charge on any atom is -0.497 e. The van der Waals surface area contributed by atoms with Crippen LogP contribution in [0.1, 0.15) is 31.2 Å². The van der Waals surface area contributed by atoms with Gasteiger partial charge in [-0.3, -0.25) is 9.10 Å². The van der Waals surface area contributed by atoms with Gasteiger partial charge in [0.15, 0.2) is 0 Å². The van der Waals surface area contributed by atoms with Crippen LogP contribution >= 0.6 is 0 Å². The number of aryl methyl sites for hydroxylation is 1. The van der Waals surface area contributed by atoms with E-state index in [0.717, 1.165) is 28.5 Å². The van der Waals surface area contributed by atoms with Gasteiger partial charge in [0.05, 0.1) is 23.8 Å². The van der Waals surface area contributed by atoms with Crippen LogP contribution in [0.3, 0.4) is 0 Å². The molecule has 1 aliphatic carbocycles. The highest BCUT2D eigenvalue weighted by atomic mass is 32.2. The van der Waals surface area contributed by atoms with E-state index in [1.165, 1.54) is 20.0 Å². The van der Waals surface area contributed by atoms with E-state index in [1.54, 1.807) is 60.7 Å². The molecule has 0 aromatic heterocycles. The van der Waals surface area contributed by atoms with Gasteiger partial charge in [-0.2, -0.15) is 0 Å². The van der Waals surface area contributed by atoms with Crippen LogP contribution in [-0.2, 0) is 14.8 Å². The van der Waals surface area contributed by atoms with E-state index in [4.69, 9.17) is 9.47 Å². The van der Waals surface area contributed by atoms with Crippen LogP contribution in [0.2, 0.25) is 0 Å². The van der Waals surface area contributed by atoms with Gasteiger partial charge in [0.2, 0.25) is 5.91 Å². The first-order chi connectivity index (χ1) is 16.8. The molecule has 0 heterocycles. The maximum absolute atomic E-state index is 13.5. The minimum absolute atomic E-state index is 0.104. The molecular formula is C27H30N2O5S. The maximum Gasteiger partial charge on any atom is 0.264 e. The SMILES string of the molecule is COc1cccc(N(CC(=O)Nc2ccc(OC3CCCC3)cc2)S(=O)(=O)c2ccc(C)cc2)c1. The van der Waals surface area contributed by atoms with Crippen LogP contribution in [0.5, 0.6) is 11.5 Å². The third kappa shape index (κ3) is 6.14. The van der Waals surface area contributed by atoms with Crippen LogP contribution in [0, 0.1) is 6.92 Å². The van der Waals surface area contributed by atoms with Crippen LogP contribution in [0.4, 0.5) is 11.4 Å². The van der Waals surface area contributed by atoms with Gasteiger partial charge in [0, 0.05) is 11.8 Å². The Morgan fingerprint density at radius 3 is 2.31 bits per heavy atom. The molecule has 0 saturated heterocycles. The van der Waals surface area contributed by atoms with Gasteiger partial charge in [-0.25, -0.2) is 8.42 Å². The first-order valence-electron chi connectivity index (χ1n) is 11.7. The summed E-state index contributed by atoms with van der Waals surface area (Å²) in [5.41, 5.74) is 1.84. The van der Waals surface area contributed by atoms with Crippen LogP contribution in [0.15, 0.2) is 77.7 Å². The summed E-state index contributed by atoms with van der Waals surface area (Å²) < 4.78 is 39.4. The number of rotatable bonds is 9. The number of sulfonamides is 1. The minimum atomic E-state index is -4.01. The monoisotopic (exact) mass is 494 g/mol. The number of carbonyl (C=O) groups excluding carboxylic acids is 1. The average molecular weight is 495 g/mol. The lowest BCUT2D eigenvalue weighted by atomic mass is 10.2. The molecule has 0 atom stereocenters. The Kier molecular flexibility index (Phi) is 7.60. The van der Waals surface area contributed by atoms with E-state index in [2.05, 4.69) is 5.32 Å². The second kappa shape index (κ2) is 10.8. The van der Waals surface area contributed by atoms with E-state index in [1.807, 2.05) is 19.1 Å². The van der Waals surface area contributed by atoms with E-state index >= 15 is 0 Å². The van der Waals surface area contributed by atoms with Gasteiger partial charge in [-0.1, -0.05) is 23.8 Å². The van der Waals surface area contributed by atoms with Crippen molar-refractivity contribution in [1.29, 1.82) is 0 Å². The third-order valence-electron chi connectivity index (χ3n) is 5.98. The number of benzene rings is 3. The quantitative estimate of drug-likeness (QED) is 0.444. The molecular weight excluding hydrogens is 464 g/mol. The van der Waals surface area contributed by atoms with E-state index in [0.29, 0.717) is 17.1 Å². The van der Waals surface area contributed by atoms with Crippen molar-refractivity contribution in [3.8, 4) is 11.5 Å². The fourth-order valence-electron chi connectivity index (χ4n) is 4.06. The Labute approximate surface area is 206 Å². The van der Waals surface area contributed by atoms with Crippen molar-refractivity contribution < 1.29 is 22.7 Å². The number of nitrogens with zero attached hydrogens (tertiary/aromatic N) is 1. The van der Waals surface area contributed by atoms with Crippen molar-refractivity contribution in [3.05, 3.63) is 78.4 Å². The van der Waals surface area contributed by atoms with Gasteiger partial charge in [0.1, 0.15) is 18.0 Å². The molecule has 0 spiro atoms. The van der Waals surface area contributed by atoms with E-state index in [-0.39, 0.29) is 11.0 Å². The molecule has 8 heteroatoms. The number of carbonyl (C=O) groups is 1. The summed E-state index contributed by atoms with van der Waals surface area (Å²) in [7, 11) is -2.50. The zero-order chi connectivity index (χ0) is 24.8.